The van der Waals surface area contributed by atoms with Crippen LogP contribution in [0.15, 0.2) is 48.5 Å². The Morgan fingerprint density at radius 2 is 2.00 bits per heavy atom. The van der Waals surface area contributed by atoms with Crippen LogP contribution in [0.4, 0.5) is 0 Å². The van der Waals surface area contributed by atoms with Crippen molar-refractivity contribution in [3.63, 3.8) is 0 Å². The van der Waals surface area contributed by atoms with Crippen LogP contribution < -0.4 is 4.74 Å². The number of rotatable bonds is 4. The fourth-order valence-corrected chi connectivity index (χ4v) is 4.63. The molecule has 2 aromatic carbocycles. The van der Waals surface area contributed by atoms with Crippen LogP contribution in [0, 0.1) is 0 Å². The normalized spacial score (nSPS) is 18.8. The lowest BCUT2D eigenvalue weighted by atomic mass is 9.98. The Morgan fingerprint density at radius 1 is 1.17 bits per heavy atom. The van der Waals surface area contributed by atoms with E-state index < -0.39 is 0 Å². The van der Waals surface area contributed by atoms with E-state index in [4.69, 9.17) is 9.72 Å². The van der Waals surface area contributed by atoms with Crippen molar-refractivity contribution in [1.29, 1.82) is 0 Å². The Balaban J connectivity index is 1.51. The van der Waals surface area contributed by atoms with E-state index in [9.17, 15) is 0 Å². The maximum Gasteiger partial charge on any atom is 0.123 e. The molecule has 1 aromatic heterocycles. The topological polar surface area (TPSA) is 25.4 Å². The van der Waals surface area contributed by atoms with E-state index in [0.29, 0.717) is 5.92 Å². The lowest BCUT2D eigenvalue weighted by Gasteiger charge is -2.32. The van der Waals surface area contributed by atoms with Gasteiger partial charge in [-0.2, -0.15) is 0 Å². The summed E-state index contributed by atoms with van der Waals surface area (Å²) < 4.78 is 6.80. The molecule has 0 radical (unpaired) electrons. The molecule has 1 aliphatic rings. The zero-order valence-corrected chi connectivity index (χ0v) is 14.8. The summed E-state index contributed by atoms with van der Waals surface area (Å²) in [6.07, 6.45) is 2.47. The van der Waals surface area contributed by atoms with Crippen molar-refractivity contribution in [2.75, 3.05) is 20.2 Å². The van der Waals surface area contributed by atoms with Crippen molar-refractivity contribution in [1.82, 2.24) is 9.88 Å². The number of likely N-dealkylation sites (tertiary alicyclic amines) is 1. The van der Waals surface area contributed by atoms with Gasteiger partial charge in [-0.3, -0.25) is 4.90 Å². The zero-order valence-electron chi connectivity index (χ0n) is 13.9. The van der Waals surface area contributed by atoms with Crippen LogP contribution in [0.1, 0.15) is 29.3 Å². The molecule has 0 unspecified atom stereocenters. The lowest BCUT2D eigenvalue weighted by Crippen LogP contribution is -2.33. The summed E-state index contributed by atoms with van der Waals surface area (Å²) in [6, 6.07) is 16.8. The van der Waals surface area contributed by atoms with Crippen LogP contribution in [0.3, 0.4) is 0 Å². The number of aromatic nitrogens is 1. The summed E-state index contributed by atoms with van der Waals surface area (Å²) in [6.45, 7) is 3.18. The van der Waals surface area contributed by atoms with E-state index in [0.717, 1.165) is 30.9 Å². The molecule has 1 saturated heterocycles. The number of hydrogen-bond acceptors (Lipinski definition) is 4. The molecule has 24 heavy (non-hydrogen) atoms. The van der Waals surface area contributed by atoms with E-state index in [-0.39, 0.29) is 0 Å². The number of hydrogen-bond donors (Lipinski definition) is 0. The first-order valence-electron chi connectivity index (χ1n) is 8.53. The largest absolute Gasteiger partial charge is 0.496 e. The monoisotopic (exact) mass is 338 g/mol. The molecule has 1 fully saturated rings. The molecule has 1 atom stereocenters. The molecule has 0 amide bonds. The number of thiazole rings is 1. The zero-order chi connectivity index (χ0) is 16.4. The third-order valence-electron chi connectivity index (χ3n) is 4.75. The van der Waals surface area contributed by atoms with Crippen molar-refractivity contribution >= 4 is 21.6 Å². The van der Waals surface area contributed by atoms with Crippen molar-refractivity contribution in [3.8, 4) is 5.75 Å². The third-order valence-corrected chi connectivity index (χ3v) is 5.95. The highest BCUT2D eigenvalue weighted by Crippen LogP contribution is 2.33. The Labute approximate surface area is 146 Å². The van der Waals surface area contributed by atoms with Crippen LogP contribution in [0.2, 0.25) is 0 Å². The summed E-state index contributed by atoms with van der Waals surface area (Å²) in [5, 5.41) is 1.29. The highest BCUT2D eigenvalue weighted by Gasteiger charge is 2.24. The lowest BCUT2D eigenvalue weighted by molar-refractivity contribution is 0.198. The predicted molar refractivity (Wildman–Crippen MR) is 99.9 cm³/mol. The van der Waals surface area contributed by atoms with Gasteiger partial charge < -0.3 is 4.74 Å². The van der Waals surface area contributed by atoms with Gasteiger partial charge in [0.1, 0.15) is 5.75 Å². The van der Waals surface area contributed by atoms with Gasteiger partial charge in [0.05, 0.1) is 22.3 Å². The summed E-state index contributed by atoms with van der Waals surface area (Å²) in [5.74, 6) is 1.53. The molecular weight excluding hydrogens is 316 g/mol. The first kappa shape index (κ1) is 15.6. The maximum absolute atomic E-state index is 5.50. The highest BCUT2D eigenvalue weighted by atomic mass is 32.1. The second-order valence-corrected chi connectivity index (χ2v) is 7.47. The first-order chi connectivity index (χ1) is 11.8. The molecule has 0 spiro atoms. The van der Waals surface area contributed by atoms with E-state index >= 15 is 0 Å². The van der Waals surface area contributed by atoms with Gasteiger partial charge in [-0.15, -0.1) is 11.3 Å². The number of piperidine rings is 1. The predicted octanol–water partition coefficient (Wildman–Crippen LogP) is 4.68. The van der Waals surface area contributed by atoms with Crippen LogP contribution in [-0.2, 0) is 6.54 Å². The van der Waals surface area contributed by atoms with E-state index in [1.165, 1.54) is 28.1 Å². The Bertz CT molecular complexity index is 796. The SMILES string of the molecule is COc1ccccc1CN1CCC[C@@H](c2nc3ccccc3s2)C1. The molecule has 3 nitrogen and oxygen atoms in total. The Kier molecular flexibility index (Phi) is 4.50. The number of fused-ring (bicyclic) bond motifs is 1. The molecular formula is C20H22N2OS. The standard InChI is InChI=1S/C20H22N2OS/c1-23-18-10-4-2-7-15(18)13-22-12-6-8-16(14-22)20-21-17-9-3-5-11-19(17)24-20/h2-5,7,9-11,16H,6,8,12-14H2,1H3/t16-/m1/s1. The maximum atomic E-state index is 5.50. The van der Waals surface area contributed by atoms with Gasteiger partial charge in [0.25, 0.3) is 0 Å². The average Bonchev–Trinajstić information content (AvgIpc) is 3.07. The second kappa shape index (κ2) is 6.91. The number of para-hydroxylation sites is 2. The summed E-state index contributed by atoms with van der Waals surface area (Å²) in [4.78, 5) is 7.42. The van der Waals surface area contributed by atoms with Crippen LogP contribution in [-0.4, -0.2) is 30.1 Å². The summed E-state index contributed by atoms with van der Waals surface area (Å²) in [7, 11) is 1.75. The van der Waals surface area contributed by atoms with E-state index in [1.807, 2.05) is 23.5 Å². The molecule has 0 aliphatic carbocycles. The molecule has 1 aliphatic heterocycles. The Hall–Kier alpha value is -1.91. The Morgan fingerprint density at radius 3 is 2.88 bits per heavy atom. The van der Waals surface area contributed by atoms with Gasteiger partial charge in [0.2, 0.25) is 0 Å². The van der Waals surface area contributed by atoms with Crippen molar-refractivity contribution in [2.24, 2.45) is 0 Å². The minimum Gasteiger partial charge on any atom is -0.496 e. The van der Waals surface area contributed by atoms with Gasteiger partial charge >= 0.3 is 0 Å². The summed E-state index contributed by atoms with van der Waals surface area (Å²) in [5.41, 5.74) is 2.41. The minimum absolute atomic E-state index is 0.547. The molecule has 0 bridgehead atoms. The molecule has 3 aromatic rings. The summed E-state index contributed by atoms with van der Waals surface area (Å²) >= 11 is 1.86. The van der Waals surface area contributed by atoms with E-state index in [2.05, 4.69) is 41.3 Å². The molecule has 0 saturated carbocycles. The molecule has 4 heteroatoms. The first-order valence-corrected chi connectivity index (χ1v) is 9.35. The second-order valence-electron chi connectivity index (χ2n) is 6.41. The smallest absolute Gasteiger partial charge is 0.123 e. The van der Waals surface area contributed by atoms with E-state index in [1.54, 1.807) is 7.11 Å². The average molecular weight is 338 g/mol. The number of nitrogens with zero attached hydrogens (tertiary/aromatic N) is 2. The number of ether oxygens (including phenoxy) is 1. The van der Waals surface area contributed by atoms with Crippen LogP contribution >= 0.6 is 11.3 Å². The van der Waals surface area contributed by atoms with Gasteiger partial charge in [-0.1, -0.05) is 30.3 Å². The van der Waals surface area contributed by atoms with Gasteiger partial charge in [-0.25, -0.2) is 4.98 Å². The van der Waals surface area contributed by atoms with Crippen LogP contribution in [0.25, 0.3) is 10.2 Å². The van der Waals surface area contributed by atoms with Gasteiger partial charge in [-0.05, 0) is 37.6 Å². The number of methoxy groups -OCH3 is 1. The number of benzene rings is 2. The minimum atomic E-state index is 0.547. The van der Waals surface area contributed by atoms with Gasteiger partial charge in [0.15, 0.2) is 0 Å². The van der Waals surface area contributed by atoms with Crippen LogP contribution in [0.5, 0.6) is 5.75 Å². The molecule has 124 valence electrons. The van der Waals surface area contributed by atoms with Gasteiger partial charge in [0, 0.05) is 24.6 Å². The third kappa shape index (κ3) is 3.17. The fraction of sp³-hybridized carbons (Fsp3) is 0.350. The highest BCUT2D eigenvalue weighted by molar-refractivity contribution is 7.18. The quantitative estimate of drug-likeness (QED) is 0.690. The molecule has 2 heterocycles. The fourth-order valence-electron chi connectivity index (χ4n) is 3.54. The van der Waals surface area contributed by atoms with Crippen molar-refractivity contribution < 1.29 is 4.74 Å². The molecule has 0 N–H and O–H groups in total. The van der Waals surface area contributed by atoms with Crippen molar-refractivity contribution in [2.45, 2.75) is 25.3 Å². The van der Waals surface area contributed by atoms with Crippen molar-refractivity contribution in [3.05, 3.63) is 59.1 Å². The molecule has 4 rings (SSSR count).